The molecule has 4 heteroatoms. The maximum Gasteiger partial charge on any atom is 0.306 e. The van der Waals surface area contributed by atoms with Crippen LogP contribution in [0.3, 0.4) is 0 Å². The molecule has 0 aromatic rings. The van der Waals surface area contributed by atoms with Gasteiger partial charge in [-0.15, -0.1) is 0 Å². The number of rotatable bonds is 4. The van der Waals surface area contributed by atoms with Gasteiger partial charge in [0.1, 0.15) is 0 Å². The molecule has 2 aliphatic rings. The smallest absolute Gasteiger partial charge is 0.306 e. The summed E-state index contributed by atoms with van der Waals surface area (Å²) in [5.41, 5.74) is 6.07. The van der Waals surface area contributed by atoms with Crippen molar-refractivity contribution in [1.82, 2.24) is 4.90 Å². The third-order valence-electron chi connectivity index (χ3n) is 3.62. The van der Waals surface area contributed by atoms with E-state index in [2.05, 4.69) is 4.90 Å². The summed E-state index contributed by atoms with van der Waals surface area (Å²) in [5, 5.41) is 0. The molecule has 0 bridgehead atoms. The van der Waals surface area contributed by atoms with Gasteiger partial charge in [-0.3, -0.25) is 9.69 Å². The fourth-order valence-corrected chi connectivity index (χ4v) is 2.50. The van der Waals surface area contributed by atoms with Gasteiger partial charge < -0.3 is 10.5 Å². The molecule has 0 radical (unpaired) electrons. The normalized spacial score (nSPS) is 31.4. The van der Waals surface area contributed by atoms with Crippen molar-refractivity contribution in [2.45, 2.75) is 44.7 Å². The van der Waals surface area contributed by atoms with E-state index < -0.39 is 0 Å². The van der Waals surface area contributed by atoms with Crippen molar-refractivity contribution >= 4 is 5.97 Å². The Morgan fingerprint density at radius 2 is 2.19 bits per heavy atom. The zero-order valence-electron chi connectivity index (χ0n) is 10.0. The molecule has 1 aliphatic heterocycles. The fraction of sp³-hybridized carbons (Fsp3) is 0.917. The first-order valence-corrected chi connectivity index (χ1v) is 6.36. The minimum atomic E-state index is -0.0967. The van der Waals surface area contributed by atoms with Gasteiger partial charge in [-0.1, -0.05) is 0 Å². The second-order valence-corrected chi connectivity index (χ2v) is 4.95. The molecule has 16 heavy (non-hydrogen) atoms. The maximum atomic E-state index is 11.5. The van der Waals surface area contributed by atoms with E-state index in [9.17, 15) is 4.79 Å². The molecular formula is C12H22N2O2. The van der Waals surface area contributed by atoms with Gasteiger partial charge >= 0.3 is 5.97 Å². The number of hydrogen-bond acceptors (Lipinski definition) is 4. The quantitative estimate of drug-likeness (QED) is 0.719. The summed E-state index contributed by atoms with van der Waals surface area (Å²) < 4.78 is 4.99. The van der Waals surface area contributed by atoms with Crippen LogP contribution in [0.2, 0.25) is 0 Å². The van der Waals surface area contributed by atoms with Gasteiger partial charge in [0.2, 0.25) is 0 Å². The number of carbonyl (C=O) groups excluding carboxylic acids is 1. The topological polar surface area (TPSA) is 55.6 Å². The highest BCUT2D eigenvalue weighted by Gasteiger charge is 2.36. The van der Waals surface area contributed by atoms with E-state index in [0.29, 0.717) is 13.0 Å². The first-order valence-electron chi connectivity index (χ1n) is 6.36. The molecule has 2 fully saturated rings. The van der Waals surface area contributed by atoms with E-state index in [1.54, 1.807) is 0 Å². The second kappa shape index (κ2) is 5.15. The summed E-state index contributed by atoms with van der Waals surface area (Å²) in [7, 11) is 0. The van der Waals surface area contributed by atoms with Crippen LogP contribution in [0, 0.1) is 5.92 Å². The number of nitrogens with two attached hydrogens (primary N) is 1. The average Bonchev–Trinajstić information content (AvgIpc) is 3.05. The molecule has 1 heterocycles. The first kappa shape index (κ1) is 11.9. The third-order valence-corrected chi connectivity index (χ3v) is 3.62. The van der Waals surface area contributed by atoms with Crippen LogP contribution in [-0.4, -0.2) is 42.6 Å². The Bertz CT molecular complexity index is 253. The van der Waals surface area contributed by atoms with Gasteiger partial charge in [0.25, 0.3) is 0 Å². The van der Waals surface area contributed by atoms with Crippen LogP contribution >= 0.6 is 0 Å². The Hall–Kier alpha value is -0.610. The second-order valence-electron chi connectivity index (χ2n) is 4.95. The third kappa shape index (κ3) is 2.95. The largest absolute Gasteiger partial charge is 0.466 e. The molecule has 92 valence electrons. The van der Waals surface area contributed by atoms with E-state index in [1.807, 2.05) is 6.92 Å². The van der Waals surface area contributed by atoms with Gasteiger partial charge in [-0.25, -0.2) is 0 Å². The molecule has 0 aromatic heterocycles. The van der Waals surface area contributed by atoms with Crippen molar-refractivity contribution in [3.63, 3.8) is 0 Å². The minimum Gasteiger partial charge on any atom is -0.466 e. The van der Waals surface area contributed by atoms with Crippen LogP contribution in [0.4, 0.5) is 0 Å². The summed E-state index contributed by atoms with van der Waals surface area (Å²) in [5.74, 6) is 0.189. The van der Waals surface area contributed by atoms with Gasteiger partial charge in [0.15, 0.2) is 0 Å². The van der Waals surface area contributed by atoms with Crippen molar-refractivity contribution in [3.05, 3.63) is 0 Å². The number of carbonyl (C=O) groups is 1. The van der Waals surface area contributed by atoms with Crippen LogP contribution in [0.15, 0.2) is 0 Å². The molecule has 2 N–H and O–H groups in total. The number of piperidine rings is 1. The van der Waals surface area contributed by atoms with E-state index in [1.165, 1.54) is 12.8 Å². The Morgan fingerprint density at radius 1 is 1.44 bits per heavy atom. The molecule has 2 unspecified atom stereocenters. The molecule has 1 aliphatic carbocycles. The van der Waals surface area contributed by atoms with Gasteiger partial charge in [0, 0.05) is 18.6 Å². The summed E-state index contributed by atoms with van der Waals surface area (Å²) >= 11 is 0. The minimum absolute atomic E-state index is 0.0967. The van der Waals surface area contributed by atoms with E-state index >= 15 is 0 Å². The zero-order valence-corrected chi connectivity index (χ0v) is 10.0. The lowest BCUT2D eigenvalue weighted by Crippen LogP contribution is -2.48. The molecule has 2 atom stereocenters. The highest BCUT2D eigenvalue weighted by molar-refractivity contribution is 5.69. The predicted molar refractivity (Wildman–Crippen MR) is 61.9 cm³/mol. The summed E-state index contributed by atoms with van der Waals surface area (Å²) in [4.78, 5) is 13.9. The summed E-state index contributed by atoms with van der Waals surface area (Å²) in [6.45, 7) is 4.39. The number of nitrogens with zero attached hydrogens (tertiary/aromatic N) is 1. The standard InChI is InChI=1S/C12H22N2O2/c1-2-16-12(15)7-9-8-14(10-3-4-10)6-5-11(9)13/h9-11H,2-8,13H2,1H3. The molecule has 0 spiro atoms. The van der Waals surface area contributed by atoms with Crippen molar-refractivity contribution in [2.75, 3.05) is 19.7 Å². The lowest BCUT2D eigenvalue weighted by atomic mass is 9.90. The number of esters is 1. The molecular weight excluding hydrogens is 204 g/mol. The maximum absolute atomic E-state index is 11.5. The van der Waals surface area contributed by atoms with Crippen LogP contribution in [0.5, 0.6) is 0 Å². The van der Waals surface area contributed by atoms with Crippen LogP contribution in [0.1, 0.15) is 32.6 Å². The van der Waals surface area contributed by atoms with Gasteiger partial charge in [-0.05, 0) is 38.6 Å². The highest BCUT2D eigenvalue weighted by atomic mass is 16.5. The number of hydrogen-bond donors (Lipinski definition) is 1. The Labute approximate surface area is 97.1 Å². The van der Waals surface area contributed by atoms with Crippen molar-refractivity contribution in [2.24, 2.45) is 11.7 Å². The van der Waals surface area contributed by atoms with Crippen molar-refractivity contribution in [1.29, 1.82) is 0 Å². The highest BCUT2D eigenvalue weighted by Crippen LogP contribution is 2.31. The van der Waals surface area contributed by atoms with E-state index in [0.717, 1.165) is 25.6 Å². The summed E-state index contributed by atoms with van der Waals surface area (Å²) in [6.07, 6.45) is 4.14. The molecule has 2 rings (SSSR count). The van der Waals surface area contributed by atoms with Crippen molar-refractivity contribution in [3.8, 4) is 0 Å². The molecule has 1 saturated carbocycles. The monoisotopic (exact) mass is 226 g/mol. The van der Waals surface area contributed by atoms with Crippen molar-refractivity contribution < 1.29 is 9.53 Å². The average molecular weight is 226 g/mol. The van der Waals surface area contributed by atoms with Crippen LogP contribution in [-0.2, 0) is 9.53 Å². The lowest BCUT2D eigenvalue weighted by molar-refractivity contribution is -0.144. The van der Waals surface area contributed by atoms with E-state index in [-0.39, 0.29) is 17.9 Å². The number of likely N-dealkylation sites (tertiary alicyclic amines) is 1. The molecule has 1 saturated heterocycles. The van der Waals surface area contributed by atoms with Crippen LogP contribution < -0.4 is 5.73 Å². The predicted octanol–water partition coefficient (Wildman–Crippen LogP) is 0.751. The Balaban J connectivity index is 1.82. The first-order chi connectivity index (χ1) is 7.70. The van der Waals surface area contributed by atoms with Crippen LogP contribution in [0.25, 0.3) is 0 Å². The summed E-state index contributed by atoms with van der Waals surface area (Å²) in [6, 6.07) is 0.941. The molecule has 0 amide bonds. The Morgan fingerprint density at radius 3 is 2.81 bits per heavy atom. The fourth-order valence-electron chi connectivity index (χ4n) is 2.50. The lowest BCUT2D eigenvalue weighted by Gasteiger charge is -2.36. The number of ether oxygens (including phenoxy) is 1. The van der Waals surface area contributed by atoms with Gasteiger partial charge in [-0.2, -0.15) is 0 Å². The zero-order chi connectivity index (χ0) is 11.5. The van der Waals surface area contributed by atoms with Gasteiger partial charge in [0.05, 0.1) is 13.0 Å². The SMILES string of the molecule is CCOC(=O)CC1CN(C2CC2)CCC1N. The van der Waals surface area contributed by atoms with E-state index in [4.69, 9.17) is 10.5 Å². The molecule has 4 nitrogen and oxygen atoms in total. The Kier molecular flexibility index (Phi) is 3.82. The molecule has 0 aromatic carbocycles.